The Bertz CT molecular complexity index is 986. The maximum atomic E-state index is 12.7. The maximum absolute atomic E-state index is 12.7. The van der Waals surface area contributed by atoms with Gasteiger partial charge in [0.1, 0.15) is 4.21 Å². The van der Waals surface area contributed by atoms with Gasteiger partial charge in [-0.2, -0.15) is 4.31 Å². The zero-order valence-electron chi connectivity index (χ0n) is 16.6. The fraction of sp³-hybridized carbons (Fsp3) is 0.400. The predicted molar refractivity (Wildman–Crippen MR) is 117 cm³/mol. The van der Waals surface area contributed by atoms with Crippen molar-refractivity contribution in [2.75, 3.05) is 32.7 Å². The van der Waals surface area contributed by atoms with E-state index in [4.69, 9.17) is 11.6 Å². The molecule has 2 heterocycles. The molecule has 1 fully saturated rings. The molecule has 2 aromatic rings. The molecule has 1 saturated heterocycles. The Morgan fingerprint density at radius 3 is 2.33 bits per heavy atom. The number of halogens is 1. The second-order valence-corrected chi connectivity index (χ2v) is 11.0. The number of thiophene rings is 1. The summed E-state index contributed by atoms with van der Waals surface area (Å²) in [7, 11) is -3.56. The number of nitrogens with one attached hydrogen (secondary N) is 1. The van der Waals surface area contributed by atoms with Crippen molar-refractivity contribution in [3.8, 4) is 0 Å². The molecule has 3 rings (SSSR count). The summed E-state index contributed by atoms with van der Waals surface area (Å²) in [5, 5.41) is 2.81. The number of amides is 1. The van der Waals surface area contributed by atoms with Crippen molar-refractivity contribution < 1.29 is 18.0 Å². The summed E-state index contributed by atoms with van der Waals surface area (Å²) < 4.78 is 27.4. The molecule has 0 spiro atoms. The molecule has 1 aliphatic rings. The van der Waals surface area contributed by atoms with Gasteiger partial charge in [0.05, 0.1) is 16.9 Å². The number of carbonyl (C=O) groups is 2. The zero-order valence-corrected chi connectivity index (χ0v) is 19.0. The first kappa shape index (κ1) is 22.9. The van der Waals surface area contributed by atoms with Crippen LogP contribution in [-0.4, -0.2) is 68.1 Å². The Labute approximate surface area is 185 Å². The molecule has 1 aromatic heterocycles. The van der Waals surface area contributed by atoms with Crippen LogP contribution in [0.3, 0.4) is 0 Å². The molecule has 7 nitrogen and oxygen atoms in total. The van der Waals surface area contributed by atoms with E-state index >= 15 is 0 Å². The summed E-state index contributed by atoms with van der Waals surface area (Å²) in [6.45, 7) is 3.06. The third-order valence-electron chi connectivity index (χ3n) is 4.95. The smallest absolute Gasteiger partial charge is 0.252 e. The molecule has 0 saturated carbocycles. The highest BCUT2D eigenvalue weighted by Crippen LogP contribution is 2.28. The zero-order chi connectivity index (χ0) is 21.7. The Morgan fingerprint density at radius 1 is 1.10 bits per heavy atom. The third-order valence-corrected chi connectivity index (χ3v) is 8.55. The second kappa shape index (κ2) is 10.0. The lowest BCUT2D eigenvalue weighted by Gasteiger charge is -2.33. The molecule has 1 aliphatic heterocycles. The number of piperazine rings is 1. The molecule has 0 unspecified atom stereocenters. The van der Waals surface area contributed by atoms with Gasteiger partial charge in [-0.25, -0.2) is 8.42 Å². The van der Waals surface area contributed by atoms with Crippen molar-refractivity contribution in [3.63, 3.8) is 0 Å². The number of hydrogen-bond donors (Lipinski definition) is 1. The summed E-state index contributed by atoms with van der Waals surface area (Å²) in [6.07, 6.45) is 0.442. The predicted octanol–water partition coefficient (Wildman–Crippen LogP) is 2.02. The van der Waals surface area contributed by atoms with E-state index in [2.05, 4.69) is 5.32 Å². The SMILES string of the molecule is CC(=O)[C@@H](Cc1ccccc1)NC(=O)CN1CCN(S(=O)(=O)c2ccc(Cl)s2)CC1. The first-order valence-corrected chi connectivity index (χ1v) is 12.2. The molecule has 1 N–H and O–H groups in total. The standard InChI is InChI=1S/C20H24ClN3O4S2/c1-15(25)17(13-16-5-3-2-4-6-16)22-19(26)14-23-9-11-24(12-10-23)30(27,28)20-8-7-18(21)29-20/h2-8,17H,9-14H2,1H3,(H,22,26)/t17-/m1/s1. The van der Waals surface area contributed by atoms with Crippen LogP contribution in [-0.2, 0) is 26.0 Å². The van der Waals surface area contributed by atoms with Gasteiger partial charge >= 0.3 is 0 Å². The average molecular weight is 470 g/mol. The van der Waals surface area contributed by atoms with Crippen LogP contribution >= 0.6 is 22.9 Å². The molecule has 1 aromatic carbocycles. The lowest BCUT2D eigenvalue weighted by molar-refractivity contribution is -0.127. The first-order chi connectivity index (χ1) is 14.3. The van der Waals surface area contributed by atoms with Crippen molar-refractivity contribution in [2.24, 2.45) is 0 Å². The molecule has 1 atom stereocenters. The summed E-state index contributed by atoms with van der Waals surface area (Å²) >= 11 is 6.90. The highest BCUT2D eigenvalue weighted by molar-refractivity contribution is 7.91. The molecule has 162 valence electrons. The molecular weight excluding hydrogens is 446 g/mol. The van der Waals surface area contributed by atoms with E-state index in [1.807, 2.05) is 35.2 Å². The monoisotopic (exact) mass is 469 g/mol. The highest BCUT2D eigenvalue weighted by atomic mass is 35.5. The van der Waals surface area contributed by atoms with Gasteiger partial charge in [0.25, 0.3) is 10.0 Å². The lowest BCUT2D eigenvalue weighted by atomic mass is 10.0. The first-order valence-electron chi connectivity index (χ1n) is 9.57. The fourth-order valence-electron chi connectivity index (χ4n) is 3.28. The molecule has 0 aliphatic carbocycles. The van der Waals surface area contributed by atoms with Crippen LogP contribution in [0.5, 0.6) is 0 Å². The number of nitrogens with zero attached hydrogens (tertiary/aromatic N) is 2. The Balaban J connectivity index is 1.51. The van der Waals surface area contributed by atoms with Crippen LogP contribution in [0.15, 0.2) is 46.7 Å². The number of sulfonamides is 1. The molecular formula is C20H24ClN3O4S2. The van der Waals surface area contributed by atoms with E-state index in [9.17, 15) is 18.0 Å². The van der Waals surface area contributed by atoms with Gasteiger partial charge in [-0.15, -0.1) is 11.3 Å². The highest BCUT2D eigenvalue weighted by Gasteiger charge is 2.30. The van der Waals surface area contributed by atoms with Gasteiger partial charge in [-0.3, -0.25) is 14.5 Å². The molecule has 10 heteroatoms. The molecule has 30 heavy (non-hydrogen) atoms. The number of rotatable bonds is 8. The minimum atomic E-state index is -3.56. The number of carbonyl (C=O) groups excluding carboxylic acids is 2. The average Bonchev–Trinajstić information content (AvgIpc) is 3.16. The summed E-state index contributed by atoms with van der Waals surface area (Å²) in [5.74, 6) is -0.342. The van der Waals surface area contributed by atoms with E-state index in [-0.39, 0.29) is 22.4 Å². The van der Waals surface area contributed by atoms with E-state index in [0.29, 0.717) is 36.9 Å². The maximum Gasteiger partial charge on any atom is 0.252 e. The molecule has 1 amide bonds. The van der Waals surface area contributed by atoms with Crippen molar-refractivity contribution in [3.05, 3.63) is 52.4 Å². The number of ketones is 1. The van der Waals surface area contributed by atoms with E-state index < -0.39 is 16.1 Å². The van der Waals surface area contributed by atoms with Crippen LogP contribution in [0.2, 0.25) is 4.34 Å². The summed E-state index contributed by atoms with van der Waals surface area (Å²) in [5.41, 5.74) is 0.977. The van der Waals surface area contributed by atoms with Crippen LogP contribution in [0.1, 0.15) is 12.5 Å². The van der Waals surface area contributed by atoms with Crippen LogP contribution in [0.4, 0.5) is 0 Å². The van der Waals surface area contributed by atoms with Gasteiger partial charge in [0.15, 0.2) is 5.78 Å². The van der Waals surface area contributed by atoms with Gasteiger partial charge in [-0.05, 0) is 31.0 Å². The lowest BCUT2D eigenvalue weighted by Crippen LogP contribution is -2.52. The van der Waals surface area contributed by atoms with Crippen LogP contribution in [0, 0.1) is 0 Å². The van der Waals surface area contributed by atoms with Gasteiger partial charge in [0, 0.05) is 26.2 Å². The largest absolute Gasteiger partial charge is 0.345 e. The third kappa shape index (κ3) is 5.89. The normalized spacial score (nSPS) is 16.9. The summed E-state index contributed by atoms with van der Waals surface area (Å²) in [6, 6.07) is 12.0. The van der Waals surface area contributed by atoms with Crippen molar-refractivity contribution in [1.82, 2.24) is 14.5 Å². The van der Waals surface area contributed by atoms with Crippen molar-refractivity contribution in [2.45, 2.75) is 23.6 Å². The van der Waals surface area contributed by atoms with Gasteiger partial charge in [-0.1, -0.05) is 41.9 Å². The van der Waals surface area contributed by atoms with E-state index in [1.54, 1.807) is 6.07 Å². The van der Waals surface area contributed by atoms with Gasteiger partial charge in [0.2, 0.25) is 5.91 Å². The quantitative estimate of drug-likeness (QED) is 0.639. The minimum absolute atomic E-state index is 0.0993. The molecule has 0 bridgehead atoms. The van der Waals surface area contributed by atoms with Crippen LogP contribution in [0.25, 0.3) is 0 Å². The van der Waals surface area contributed by atoms with E-state index in [1.165, 1.54) is 17.3 Å². The number of Topliss-reactive ketones (excluding diaryl/α,β-unsaturated/α-hetero) is 1. The van der Waals surface area contributed by atoms with Crippen molar-refractivity contribution >= 4 is 44.7 Å². The number of hydrogen-bond acceptors (Lipinski definition) is 6. The fourth-order valence-corrected chi connectivity index (χ4v) is 6.34. The molecule has 0 radical (unpaired) electrons. The Kier molecular flexibility index (Phi) is 7.65. The summed E-state index contributed by atoms with van der Waals surface area (Å²) in [4.78, 5) is 26.3. The van der Waals surface area contributed by atoms with Crippen LogP contribution < -0.4 is 5.32 Å². The Hall–Kier alpha value is -1.78. The topological polar surface area (TPSA) is 86.8 Å². The van der Waals surface area contributed by atoms with Crippen molar-refractivity contribution in [1.29, 1.82) is 0 Å². The number of benzene rings is 1. The Morgan fingerprint density at radius 2 is 1.77 bits per heavy atom. The van der Waals surface area contributed by atoms with E-state index in [0.717, 1.165) is 16.9 Å². The van der Waals surface area contributed by atoms with Gasteiger partial charge < -0.3 is 5.32 Å². The second-order valence-electron chi connectivity index (χ2n) is 7.16. The minimum Gasteiger partial charge on any atom is -0.345 e.